The molecule has 0 aliphatic carbocycles. The predicted molar refractivity (Wildman–Crippen MR) is 159 cm³/mol. The maximum absolute atomic E-state index is 12.9. The highest BCUT2D eigenvalue weighted by Gasteiger charge is 2.32. The van der Waals surface area contributed by atoms with Crippen LogP contribution in [-0.2, 0) is 15.3 Å². The van der Waals surface area contributed by atoms with E-state index in [0.717, 1.165) is 10.6 Å². The molecular formula is C31H40O4S2. The lowest BCUT2D eigenvalue weighted by Gasteiger charge is -2.25. The van der Waals surface area contributed by atoms with Crippen molar-refractivity contribution in [1.29, 1.82) is 0 Å². The van der Waals surface area contributed by atoms with E-state index in [1.165, 1.54) is 5.56 Å². The zero-order valence-corrected chi connectivity index (χ0v) is 24.9. The van der Waals surface area contributed by atoms with Crippen molar-refractivity contribution in [3.05, 3.63) is 95.6 Å². The van der Waals surface area contributed by atoms with E-state index in [-0.39, 0.29) is 11.9 Å². The van der Waals surface area contributed by atoms with E-state index in [9.17, 15) is 9.59 Å². The largest absolute Gasteiger partial charge is 0.476 e. The minimum atomic E-state index is -1.12. The quantitative estimate of drug-likeness (QED) is 0.145. The van der Waals surface area contributed by atoms with Crippen molar-refractivity contribution in [3.8, 4) is 5.75 Å². The van der Waals surface area contributed by atoms with Gasteiger partial charge in [0.25, 0.3) is 0 Å². The molecule has 0 saturated heterocycles. The topological polar surface area (TPSA) is 52.6 Å². The van der Waals surface area contributed by atoms with Crippen molar-refractivity contribution in [2.24, 2.45) is 0 Å². The summed E-state index contributed by atoms with van der Waals surface area (Å²) < 4.78 is 11.0. The molecule has 0 aliphatic heterocycles. The summed E-state index contributed by atoms with van der Waals surface area (Å²) in [6.07, 6.45) is -0.215. The monoisotopic (exact) mass is 540 g/mol. The van der Waals surface area contributed by atoms with Crippen LogP contribution in [0.3, 0.4) is 0 Å². The summed E-state index contributed by atoms with van der Waals surface area (Å²) in [5.41, 5.74) is 1.35. The van der Waals surface area contributed by atoms with Gasteiger partial charge in [-0.05, 0) is 81.8 Å². The third-order valence-corrected chi connectivity index (χ3v) is 6.98. The zero-order chi connectivity index (χ0) is 27.8. The maximum atomic E-state index is 12.9. The Hall–Kier alpha value is -2.70. The van der Waals surface area contributed by atoms with Gasteiger partial charge in [0.15, 0.2) is 11.4 Å². The molecule has 0 fully saturated rings. The summed E-state index contributed by atoms with van der Waals surface area (Å²) in [6, 6.07) is 24.8. The molecule has 0 unspecified atom stereocenters. The Balaban J connectivity index is 0.00000163. The van der Waals surface area contributed by atoms with Crippen molar-refractivity contribution in [2.75, 3.05) is 0 Å². The summed E-state index contributed by atoms with van der Waals surface area (Å²) in [4.78, 5) is 26.2. The summed E-state index contributed by atoms with van der Waals surface area (Å²) in [5.74, 6) is 0.928. The van der Waals surface area contributed by atoms with Gasteiger partial charge in [0.05, 0.1) is 6.10 Å². The molecule has 0 amide bonds. The van der Waals surface area contributed by atoms with E-state index in [4.69, 9.17) is 9.47 Å². The molecular weight excluding hydrogens is 500 g/mol. The Morgan fingerprint density at radius 2 is 1.30 bits per heavy atom. The number of ketones is 1. The zero-order valence-electron chi connectivity index (χ0n) is 23.2. The highest BCUT2D eigenvalue weighted by atomic mass is 33.1. The lowest BCUT2D eigenvalue weighted by Crippen LogP contribution is -2.40. The normalized spacial score (nSPS) is 10.4. The number of rotatable bonds is 10. The van der Waals surface area contributed by atoms with Crippen molar-refractivity contribution in [2.45, 2.75) is 77.7 Å². The van der Waals surface area contributed by atoms with Crippen LogP contribution in [0.25, 0.3) is 0 Å². The van der Waals surface area contributed by atoms with E-state index in [0.29, 0.717) is 16.9 Å². The summed E-state index contributed by atoms with van der Waals surface area (Å²) >= 11 is 0. The third kappa shape index (κ3) is 11.1. The SMILES string of the molecule is CC.CC.CC(C)OC(=O)C(C)(C)Oc1ccc(C(=O)c2ccc(SSCc3ccccc3)cc2)cc1. The van der Waals surface area contributed by atoms with E-state index in [1.54, 1.807) is 73.5 Å². The van der Waals surface area contributed by atoms with Crippen molar-refractivity contribution < 1.29 is 19.1 Å². The molecule has 0 aliphatic rings. The van der Waals surface area contributed by atoms with Gasteiger partial charge < -0.3 is 9.47 Å². The number of esters is 1. The molecule has 0 radical (unpaired) electrons. The molecule has 0 aromatic heterocycles. The molecule has 37 heavy (non-hydrogen) atoms. The van der Waals surface area contributed by atoms with Crippen LogP contribution in [0.15, 0.2) is 83.8 Å². The number of benzene rings is 3. The van der Waals surface area contributed by atoms with Crippen LogP contribution in [0.4, 0.5) is 0 Å². The lowest BCUT2D eigenvalue weighted by atomic mass is 10.0. The van der Waals surface area contributed by atoms with Gasteiger partial charge >= 0.3 is 5.97 Å². The molecule has 3 aromatic carbocycles. The average Bonchev–Trinajstić information content (AvgIpc) is 2.91. The van der Waals surface area contributed by atoms with Gasteiger partial charge in [-0.1, -0.05) is 79.6 Å². The fourth-order valence-electron chi connectivity index (χ4n) is 2.93. The van der Waals surface area contributed by atoms with E-state index in [2.05, 4.69) is 12.1 Å². The molecule has 3 rings (SSSR count). The van der Waals surface area contributed by atoms with Gasteiger partial charge in [-0.3, -0.25) is 4.79 Å². The Bertz CT molecular complexity index is 1060. The van der Waals surface area contributed by atoms with Gasteiger partial charge in [0.2, 0.25) is 0 Å². The number of carbonyl (C=O) groups is 2. The summed E-state index contributed by atoms with van der Waals surface area (Å²) in [6.45, 7) is 14.9. The number of hydrogen-bond acceptors (Lipinski definition) is 6. The van der Waals surface area contributed by atoms with E-state index >= 15 is 0 Å². The highest BCUT2D eigenvalue weighted by molar-refractivity contribution is 8.76. The van der Waals surface area contributed by atoms with E-state index < -0.39 is 11.6 Å². The lowest BCUT2D eigenvalue weighted by molar-refractivity contribution is -0.163. The van der Waals surface area contributed by atoms with Crippen LogP contribution >= 0.6 is 21.6 Å². The first kappa shape index (κ1) is 32.3. The molecule has 0 saturated carbocycles. The first-order valence-electron chi connectivity index (χ1n) is 12.7. The minimum Gasteiger partial charge on any atom is -0.476 e. The average molecular weight is 541 g/mol. The molecule has 0 N–H and O–H groups in total. The molecule has 3 aromatic rings. The summed E-state index contributed by atoms with van der Waals surface area (Å²) in [5, 5.41) is 0. The Kier molecular flexibility index (Phi) is 14.8. The van der Waals surface area contributed by atoms with Crippen LogP contribution in [0, 0.1) is 0 Å². The fraction of sp³-hybridized carbons (Fsp3) is 0.355. The van der Waals surface area contributed by atoms with Gasteiger partial charge in [-0.15, -0.1) is 0 Å². The minimum absolute atomic E-state index is 0.0616. The third-order valence-electron chi connectivity index (χ3n) is 4.66. The molecule has 6 heteroatoms. The smallest absolute Gasteiger partial charge is 0.350 e. The van der Waals surface area contributed by atoms with Crippen LogP contribution < -0.4 is 4.74 Å². The first-order chi connectivity index (χ1) is 17.7. The number of ether oxygens (including phenoxy) is 2. The molecule has 0 heterocycles. The maximum Gasteiger partial charge on any atom is 0.350 e. The van der Waals surface area contributed by atoms with Gasteiger partial charge in [0, 0.05) is 21.8 Å². The highest BCUT2D eigenvalue weighted by Crippen LogP contribution is 2.34. The van der Waals surface area contributed by atoms with Crippen molar-refractivity contribution >= 4 is 33.3 Å². The standard InChI is InChI=1S/C27H28O4S2.2C2H6/c1-19(2)30-26(29)27(3,4)31-23-14-10-21(11-15-23)25(28)22-12-16-24(17-13-22)33-32-18-20-8-6-5-7-9-20;2*1-2/h5-17,19H,18H2,1-4H3;2*1-2H3. The Morgan fingerprint density at radius 3 is 1.81 bits per heavy atom. The second-order valence-electron chi connectivity index (χ2n) is 8.28. The van der Waals surface area contributed by atoms with E-state index in [1.807, 2.05) is 70.2 Å². The van der Waals surface area contributed by atoms with Crippen LogP contribution in [-0.4, -0.2) is 23.5 Å². The number of carbonyl (C=O) groups excluding carboxylic acids is 2. The van der Waals surface area contributed by atoms with Crippen LogP contribution in [0.1, 0.15) is 76.9 Å². The van der Waals surface area contributed by atoms with Crippen LogP contribution in [0.2, 0.25) is 0 Å². The molecule has 0 spiro atoms. The summed E-state index contributed by atoms with van der Waals surface area (Å²) in [7, 11) is 3.46. The van der Waals surface area contributed by atoms with Gasteiger partial charge in [0.1, 0.15) is 5.75 Å². The van der Waals surface area contributed by atoms with Gasteiger partial charge in [-0.2, -0.15) is 0 Å². The first-order valence-corrected chi connectivity index (χ1v) is 15.0. The van der Waals surface area contributed by atoms with Crippen LogP contribution in [0.5, 0.6) is 5.75 Å². The van der Waals surface area contributed by atoms with Gasteiger partial charge in [-0.25, -0.2) is 4.79 Å². The molecule has 200 valence electrons. The predicted octanol–water partition coefficient (Wildman–Crippen LogP) is 9.02. The van der Waals surface area contributed by atoms with Crippen molar-refractivity contribution in [1.82, 2.24) is 0 Å². The number of hydrogen-bond donors (Lipinski definition) is 0. The van der Waals surface area contributed by atoms with Crippen molar-refractivity contribution in [3.63, 3.8) is 0 Å². The molecule has 0 bridgehead atoms. The Labute approximate surface area is 230 Å². The molecule has 0 atom stereocenters. The molecule has 4 nitrogen and oxygen atoms in total. The Morgan fingerprint density at radius 1 is 0.784 bits per heavy atom. The fourth-order valence-corrected chi connectivity index (χ4v) is 5.03. The second kappa shape index (κ2) is 16.9. The second-order valence-corrected chi connectivity index (χ2v) is 10.6.